The highest BCUT2D eigenvalue weighted by molar-refractivity contribution is 5.62. The number of hydrogen-bond acceptors (Lipinski definition) is 7. The molecule has 1 aromatic carbocycles. The van der Waals surface area contributed by atoms with Gasteiger partial charge in [0.25, 0.3) is 0 Å². The number of hydrogen-bond donors (Lipinski definition) is 2. The molecule has 0 unspecified atom stereocenters. The fourth-order valence-electron chi connectivity index (χ4n) is 1.83. The summed E-state index contributed by atoms with van der Waals surface area (Å²) in [6.07, 6.45) is 0. The number of aryl methyl sites for hydroxylation is 1. The largest absolute Gasteiger partial charge is 0.493 e. The van der Waals surface area contributed by atoms with Crippen molar-refractivity contribution < 1.29 is 9.47 Å². The highest BCUT2D eigenvalue weighted by Gasteiger charge is 2.10. The van der Waals surface area contributed by atoms with Crippen LogP contribution in [-0.4, -0.2) is 24.2 Å². The lowest BCUT2D eigenvalue weighted by molar-refractivity contribution is 0.355. The van der Waals surface area contributed by atoms with E-state index in [0.717, 1.165) is 5.69 Å². The molecule has 2 rings (SSSR count). The first-order chi connectivity index (χ1) is 10.1. The number of nitrogens with one attached hydrogen (secondary N) is 1. The summed E-state index contributed by atoms with van der Waals surface area (Å²) in [5.74, 6) is 1.67. The lowest BCUT2D eigenvalue weighted by atomic mass is 10.2. The van der Waals surface area contributed by atoms with Gasteiger partial charge >= 0.3 is 0 Å². The third-order valence-electron chi connectivity index (χ3n) is 2.87. The van der Waals surface area contributed by atoms with Crippen LogP contribution in [-0.2, 0) is 0 Å². The smallest absolute Gasteiger partial charge is 0.229 e. The van der Waals surface area contributed by atoms with Crippen LogP contribution in [0.5, 0.6) is 11.5 Å². The Morgan fingerprint density at radius 1 is 1.19 bits per heavy atom. The number of methoxy groups -OCH3 is 2. The molecule has 0 aliphatic rings. The van der Waals surface area contributed by atoms with Gasteiger partial charge in [-0.05, 0) is 19.1 Å². The maximum atomic E-state index is 8.95. The topological polar surface area (TPSA) is 106 Å². The number of nitrogens with two attached hydrogens (primary N) is 1. The molecule has 0 amide bonds. The molecule has 2 aromatic rings. The molecule has 0 fully saturated rings. The van der Waals surface area contributed by atoms with Gasteiger partial charge in [0.05, 0.1) is 19.9 Å². The summed E-state index contributed by atoms with van der Waals surface area (Å²) in [7, 11) is 3.13. The van der Waals surface area contributed by atoms with Gasteiger partial charge in [-0.1, -0.05) is 0 Å². The molecule has 0 atom stereocenters. The lowest BCUT2D eigenvalue weighted by Crippen LogP contribution is -2.05. The average Bonchev–Trinajstić information content (AvgIpc) is 2.46. The Hall–Kier alpha value is -3.01. The first-order valence-corrected chi connectivity index (χ1v) is 6.12. The van der Waals surface area contributed by atoms with Crippen molar-refractivity contribution in [3.05, 3.63) is 29.5 Å². The van der Waals surface area contributed by atoms with Crippen LogP contribution in [0.15, 0.2) is 18.2 Å². The van der Waals surface area contributed by atoms with Crippen LogP contribution in [0.4, 0.5) is 17.5 Å². The molecule has 0 aliphatic carbocycles. The highest BCUT2D eigenvalue weighted by Crippen LogP contribution is 2.30. The summed E-state index contributed by atoms with van der Waals surface area (Å²) in [6.45, 7) is 1.70. The van der Waals surface area contributed by atoms with Gasteiger partial charge < -0.3 is 20.5 Å². The van der Waals surface area contributed by atoms with Gasteiger partial charge in [-0.15, -0.1) is 0 Å². The van der Waals surface area contributed by atoms with Gasteiger partial charge in [0, 0.05) is 11.8 Å². The monoisotopic (exact) mass is 285 g/mol. The molecular weight excluding hydrogens is 270 g/mol. The number of aromatic nitrogens is 2. The molecule has 1 heterocycles. The van der Waals surface area contributed by atoms with Gasteiger partial charge in [-0.3, -0.25) is 0 Å². The van der Waals surface area contributed by atoms with Crippen LogP contribution in [0, 0.1) is 18.3 Å². The Labute approximate surface area is 122 Å². The van der Waals surface area contributed by atoms with Crippen molar-refractivity contribution in [1.29, 1.82) is 5.26 Å². The van der Waals surface area contributed by atoms with Crippen molar-refractivity contribution in [3.8, 4) is 17.6 Å². The molecule has 7 nitrogen and oxygen atoms in total. The predicted octanol–water partition coefficient (Wildman–Crippen LogP) is 2.00. The predicted molar refractivity (Wildman–Crippen MR) is 78.7 cm³/mol. The van der Waals surface area contributed by atoms with Gasteiger partial charge in [0.1, 0.15) is 17.5 Å². The second-order valence-electron chi connectivity index (χ2n) is 4.20. The van der Waals surface area contributed by atoms with Crippen molar-refractivity contribution in [3.63, 3.8) is 0 Å². The number of anilines is 3. The van der Waals surface area contributed by atoms with E-state index in [-0.39, 0.29) is 11.4 Å². The third kappa shape index (κ3) is 2.95. The minimum absolute atomic E-state index is 0.146. The van der Waals surface area contributed by atoms with Crippen LogP contribution in [0.1, 0.15) is 11.3 Å². The van der Waals surface area contributed by atoms with E-state index in [0.29, 0.717) is 23.1 Å². The molecule has 0 spiro atoms. The SMILES string of the molecule is COc1ccc(Nc2nc(C)c(C#N)c(N)n2)cc1OC. The van der Waals surface area contributed by atoms with Crippen molar-refractivity contribution >= 4 is 17.5 Å². The zero-order valence-electron chi connectivity index (χ0n) is 12.0. The number of nitriles is 1. The van der Waals surface area contributed by atoms with Crippen LogP contribution in [0.2, 0.25) is 0 Å². The molecule has 7 heteroatoms. The Morgan fingerprint density at radius 2 is 1.90 bits per heavy atom. The minimum atomic E-state index is 0.146. The summed E-state index contributed by atoms with van der Waals surface area (Å²) >= 11 is 0. The van der Waals surface area contributed by atoms with Crippen molar-refractivity contribution in [2.45, 2.75) is 6.92 Å². The zero-order chi connectivity index (χ0) is 15.4. The Balaban J connectivity index is 2.33. The molecule has 21 heavy (non-hydrogen) atoms. The molecular formula is C14H15N5O2. The standard InChI is InChI=1S/C14H15N5O2/c1-8-10(7-15)13(16)19-14(17-8)18-9-4-5-11(20-2)12(6-9)21-3/h4-6H,1-3H3,(H3,16,17,18,19). The third-order valence-corrected chi connectivity index (χ3v) is 2.87. The molecule has 0 saturated heterocycles. The fraction of sp³-hybridized carbons (Fsp3) is 0.214. The van der Waals surface area contributed by atoms with E-state index in [9.17, 15) is 0 Å². The second kappa shape index (κ2) is 5.96. The van der Waals surface area contributed by atoms with E-state index in [4.69, 9.17) is 20.5 Å². The minimum Gasteiger partial charge on any atom is -0.493 e. The van der Waals surface area contributed by atoms with E-state index in [1.54, 1.807) is 39.3 Å². The summed E-state index contributed by atoms with van der Waals surface area (Å²) in [5.41, 5.74) is 7.25. The maximum absolute atomic E-state index is 8.95. The molecule has 0 radical (unpaired) electrons. The first-order valence-electron chi connectivity index (χ1n) is 6.12. The first kappa shape index (κ1) is 14.4. The van der Waals surface area contributed by atoms with Gasteiger partial charge in [0.15, 0.2) is 11.5 Å². The summed E-state index contributed by atoms with van der Waals surface area (Å²) in [5, 5.41) is 12.0. The highest BCUT2D eigenvalue weighted by atomic mass is 16.5. The van der Waals surface area contributed by atoms with Crippen LogP contribution in [0.3, 0.4) is 0 Å². The zero-order valence-corrected chi connectivity index (χ0v) is 12.0. The van der Waals surface area contributed by atoms with E-state index >= 15 is 0 Å². The normalized spacial score (nSPS) is 9.81. The number of nitrogen functional groups attached to an aromatic ring is 1. The van der Waals surface area contributed by atoms with E-state index in [2.05, 4.69) is 15.3 Å². The number of ether oxygens (including phenoxy) is 2. The van der Waals surface area contributed by atoms with Crippen molar-refractivity contribution in [2.24, 2.45) is 0 Å². The van der Waals surface area contributed by atoms with Crippen molar-refractivity contribution in [1.82, 2.24) is 9.97 Å². The van der Waals surface area contributed by atoms with E-state index in [1.165, 1.54) is 0 Å². The molecule has 108 valence electrons. The fourth-order valence-corrected chi connectivity index (χ4v) is 1.83. The second-order valence-corrected chi connectivity index (χ2v) is 4.20. The number of rotatable bonds is 4. The summed E-state index contributed by atoms with van der Waals surface area (Å²) in [6, 6.07) is 7.29. The molecule has 0 bridgehead atoms. The van der Waals surface area contributed by atoms with E-state index < -0.39 is 0 Å². The quantitative estimate of drug-likeness (QED) is 0.884. The number of nitrogens with zero attached hydrogens (tertiary/aromatic N) is 3. The van der Waals surface area contributed by atoms with E-state index in [1.807, 2.05) is 6.07 Å². The Morgan fingerprint density at radius 3 is 2.48 bits per heavy atom. The van der Waals surface area contributed by atoms with Gasteiger partial charge in [-0.2, -0.15) is 10.2 Å². The molecule has 0 aliphatic heterocycles. The van der Waals surface area contributed by atoms with Crippen LogP contribution < -0.4 is 20.5 Å². The van der Waals surface area contributed by atoms with Gasteiger partial charge in [-0.25, -0.2) is 4.98 Å². The molecule has 3 N–H and O–H groups in total. The van der Waals surface area contributed by atoms with Crippen molar-refractivity contribution in [2.75, 3.05) is 25.3 Å². The molecule has 0 saturated carbocycles. The lowest BCUT2D eigenvalue weighted by Gasteiger charge is -2.11. The molecule has 1 aromatic heterocycles. The Bertz CT molecular complexity index is 686. The van der Waals surface area contributed by atoms with Crippen LogP contribution in [0.25, 0.3) is 0 Å². The van der Waals surface area contributed by atoms with Crippen LogP contribution >= 0.6 is 0 Å². The summed E-state index contributed by atoms with van der Waals surface area (Å²) < 4.78 is 10.4. The van der Waals surface area contributed by atoms with Gasteiger partial charge in [0.2, 0.25) is 5.95 Å². The average molecular weight is 285 g/mol. The summed E-state index contributed by atoms with van der Waals surface area (Å²) in [4.78, 5) is 8.26. The number of benzene rings is 1. The maximum Gasteiger partial charge on any atom is 0.229 e. The Kier molecular flexibility index (Phi) is 4.09.